The average Bonchev–Trinajstić information content (AvgIpc) is 2.52. The zero-order chi connectivity index (χ0) is 9.84. The molecule has 1 rings (SSSR count). The molecule has 0 aromatic carbocycles. The Balaban J connectivity index is 2.73. The first-order chi connectivity index (χ1) is 6.15. The molecule has 0 unspecified atom stereocenters. The predicted molar refractivity (Wildman–Crippen MR) is 51.6 cm³/mol. The number of rotatable bonds is 4. The molecular weight excluding hydrogens is 190 g/mol. The van der Waals surface area contributed by atoms with Crippen LogP contribution in [0.1, 0.15) is 17.3 Å². The fourth-order valence-corrected chi connectivity index (χ4v) is 1.82. The van der Waals surface area contributed by atoms with Crippen molar-refractivity contribution in [3.05, 3.63) is 27.1 Å². The summed E-state index contributed by atoms with van der Waals surface area (Å²) in [5.74, 6) is 0. The van der Waals surface area contributed by atoms with Gasteiger partial charge < -0.3 is 11.5 Å². The Morgan fingerprint density at radius 2 is 2.31 bits per heavy atom. The van der Waals surface area contributed by atoms with Crippen molar-refractivity contribution in [1.29, 1.82) is 0 Å². The molecule has 1 aromatic heterocycles. The first-order valence-electron chi connectivity index (χ1n) is 3.85. The zero-order valence-electron chi connectivity index (χ0n) is 6.97. The topological polar surface area (TPSA) is 95.2 Å². The van der Waals surface area contributed by atoms with Crippen molar-refractivity contribution in [2.75, 3.05) is 6.54 Å². The molecule has 0 bridgehead atoms. The van der Waals surface area contributed by atoms with Gasteiger partial charge in [-0.1, -0.05) is 11.3 Å². The molecule has 1 atom stereocenters. The van der Waals surface area contributed by atoms with Gasteiger partial charge in [0.15, 0.2) is 0 Å². The van der Waals surface area contributed by atoms with Crippen molar-refractivity contribution in [3.63, 3.8) is 0 Å². The van der Waals surface area contributed by atoms with E-state index in [1.54, 1.807) is 6.07 Å². The van der Waals surface area contributed by atoms with Crippen molar-refractivity contribution in [2.24, 2.45) is 11.5 Å². The molecule has 4 N–H and O–H groups in total. The van der Waals surface area contributed by atoms with E-state index in [2.05, 4.69) is 0 Å². The second-order valence-corrected chi connectivity index (χ2v) is 3.71. The van der Waals surface area contributed by atoms with Gasteiger partial charge in [0.05, 0.1) is 4.92 Å². The minimum atomic E-state index is -0.413. The Labute approximate surface area is 79.5 Å². The van der Waals surface area contributed by atoms with Gasteiger partial charge >= 0.3 is 5.00 Å². The first-order valence-corrected chi connectivity index (χ1v) is 4.66. The molecule has 0 aliphatic heterocycles. The minimum Gasteiger partial charge on any atom is -0.330 e. The van der Waals surface area contributed by atoms with Crippen molar-refractivity contribution < 1.29 is 4.92 Å². The van der Waals surface area contributed by atoms with E-state index in [1.807, 2.05) is 0 Å². The van der Waals surface area contributed by atoms with Crippen LogP contribution in [0.5, 0.6) is 0 Å². The van der Waals surface area contributed by atoms with Gasteiger partial charge in [0.2, 0.25) is 0 Å². The van der Waals surface area contributed by atoms with Crippen LogP contribution in [0.4, 0.5) is 5.00 Å². The molecule has 0 aliphatic carbocycles. The van der Waals surface area contributed by atoms with E-state index >= 15 is 0 Å². The number of hydrogen-bond acceptors (Lipinski definition) is 5. The average molecular weight is 201 g/mol. The number of nitrogens with zero attached hydrogens (tertiary/aromatic N) is 1. The molecule has 6 heteroatoms. The van der Waals surface area contributed by atoms with Crippen molar-refractivity contribution in [1.82, 2.24) is 0 Å². The van der Waals surface area contributed by atoms with Crippen LogP contribution in [0.3, 0.4) is 0 Å². The molecule has 0 saturated carbocycles. The summed E-state index contributed by atoms with van der Waals surface area (Å²) < 4.78 is 0. The summed E-state index contributed by atoms with van der Waals surface area (Å²) in [7, 11) is 0. The third-order valence-corrected chi connectivity index (χ3v) is 2.80. The van der Waals surface area contributed by atoms with Crippen LogP contribution in [0.15, 0.2) is 12.1 Å². The molecule has 5 nitrogen and oxygen atoms in total. The van der Waals surface area contributed by atoms with E-state index in [1.165, 1.54) is 6.07 Å². The summed E-state index contributed by atoms with van der Waals surface area (Å²) >= 11 is 1.11. The van der Waals surface area contributed by atoms with E-state index in [0.29, 0.717) is 13.0 Å². The van der Waals surface area contributed by atoms with Crippen LogP contribution in [-0.4, -0.2) is 11.5 Å². The second kappa shape index (κ2) is 4.31. The Morgan fingerprint density at radius 3 is 2.77 bits per heavy atom. The number of thiophene rings is 1. The maximum atomic E-state index is 10.3. The standard InChI is InChI=1S/C7H11N3O2S/c8-4-3-5(9)6-1-2-7(13-6)10(11)12/h1-2,5H,3-4,8-9H2/t5-/m1/s1. The molecule has 0 amide bonds. The highest BCUT2D eigenvalue weighted by Gasteiger charge is 2.13. The lowest BCUT2D eigenvalue weighted by Gasteiger charge is -2.05. The van der Waals surface area contributed by atoms with Crippen molar-refractivity contribution in [3.8, 4) is 0 Å². The molecule has 0 aliphatic rings. The van der Waals surface area contributed by atoms with Crippen LogP contribution in [0.25, 0.3) is 0 Å². The second-order valence-electron chi connectivity index (χ2n) is 2.62. The number of hydrogen-bond donors (Lipinski definition) is 2. The fraction of sp³-hybridized carbons (Fsp3) is 0.429. The smallest absolute Gasteiger partial charge is 0.324 e. The van der Waals surface area contributed by atoms with Gasteiger partial charge in [0, 0.05) is 17.0 Å². The van der Waals surface area contributed by atoms with E-state index in [-0.39, 0.29) is 11.0 Å². The number of nitrogens with two attached hydrogens (primary N) is 2. The highest BCUT2D eigenvalue weighted by atomic mass is 32.1. The van der Waals surface area contributed by atoms with Gasteiger partial charge in [0.1, 0.15) is 0 Å². The van der Waals surface area contributed by atoms with Gasteiger partial charge in [-0.25, -0.2) is 0 Å². The summed E-state index contributed by atoms with van der Waals surface area (Å²) in [4.78, 5) is 10.7. The molecule has 1 aromatic rings. The van der Waals surface area contributed by atoms with Crippen molar-refractivity contribution in [2.45, 2.75) is 12.5 Å². The lowest BCUT2D eigenvalue weighted by Crippen LogP contribution is -2.13. The molecular formula is C7H11N3O2S. The van der Waals surface area contributed by atoms with Gasteiger partial charge in [-0.3, -0.25) is 10.1 Å². The third kappa shape index (κ3) is 2.48. The zero-order valence-corrected chi connectivity index (χ0v) is 7.79. The lowest BCUT2D eigenvalue weighted by atomic mass is 10.2. The van der Waals surface area contributed by atoms with E-state index in [0.717, 1.165) is 16.2 Å². The maximum absolute atomic E-state index is 10.3. The van der Waals surface area contributed by atoms with Crippen LogP contribution in [0.2, 0.25) is 0 Å². The SMILES string of the molecule is NCC[C@@H](N)c1ccc([N+](=O)[O-])s1. The van der Waals surface area contributed by atoms with Gasteiger partial charge in [-0.05, 0) is 19.0 Å². The molecule has 0 saturated heterocycles. The molecule has 72 valence electrons. The van der Waals surface area contributed by atoms with Crippen LogP contribution >= 0.6 is 11.3 Å². The Morgan fingerprint density at radius 1 is 1.62 bits per heavy atom. The van der Waals surface area contributed by atoms with E-state index < -0.39 is 4.92 Å². The Bertz CT molecular complexity index is 300. The molecule has 1 heterocycles. The normalized spacial score (nSPS) is 12.8. The summed E-state index contributed by atoms with van der Waals surface area (Å²) in [6.07, 6.45) is 0.650. The highest BCUT2D eigenvalue weighted by Crippen LogP contribution is 2.28. The van der Waals surface area contributed by atoms with Gasteiger partial charge in [-0.15, -0.1) is 0 Å². The summed E-state index contributed by atoms with van der Waals surface area (Å²) in [6.45, 7) is 0.493. The summed E-state index contributed by atoms with van der Waals surface area (Å²) in [5.41, 5.74) is 11.1. The highest BCUT2D eigenvalue weighted by molar-refractivity contribution is 7.15. The van der Waals surface area contributed by atoms with Gasteiger partial charge in [0.25, 0.3) is 0 Å². The Kier molecular flexibility index (Phi) is 3.35. The third-order valence-electron chi connectivity index (χ3n) is 1.64. The quantitative estimate of drug-likeness (QED) is 0.561. The Hall–Kier alpha value is -0.980. The summed E-state index contributed by atoms with van der Waals surface area (Å²) in [5, 5.41) is 10.5. The summed E-state index contributed by atoms with van der Waals surface area (Å²) in [6, 6.07) is 2.98. The minimum absolute atomic E-state index is 0.127. The first kappa shape index (κ1) is 10.1. The van der Waals surface area contributed by atoms with Crippen molar-refractivity contribution >= 4 is 16.3 Å². The van der Waals surface area contributed by atoms with E-state index in [9.17, 15) is 10.1 Å². The van der Waals surface area contributed by atoms with Crippen LogP contribution in [-0.2, 0) is 0 Å². The number of nitro groups is 1. The monoisotopic (exact) mass is 201 g/mol. The molecule has 13 heavy (non-hydrogen) atoms. The van der Waals surface area contributed by atoms with Crippen LogP contribution < -0.4 is 11.5 Å². The van der Waals surface area contributed by atoms with E-state index in [4.69, 9.17) is 11.5 Å². The lowest BCUT2D eigenvalue weighted by molar-refractivity contribution is -0.380. The van der Waals surface area contributed by atoms with Gasteiger partial charge in [-0.2, -0.15) is 0 Å². The molecule has 0 fully saturated rings. The maximum Gasteiger partial charge on any atom is 0.324 e. The largest absolute Gasteiger partial charge is 0.330 e. The molecule has 0 radical (unpaired) electrons. The fourth-order valence-electron chi connectivity index (χ4n) is 0.961. The predicted octanol–water partition coefficient (Wildman–Crippen LogP) is 1.00. The molecule has 0 spiro atoms. The van der Waals surface area contributed by atoms with Crippen LogP contribution in [0, 0.1) is 10.1 Å².